The molecule has 2 saturated heterocycles. The van der Waals surface area contributed by atoms with Gasteiger partial charge >= 0.3 is 5.97 Å². The van der Waals surface area contributed by atoms with Crippen molar-refractivity contribution in [1.82, 2.24) is 4.90 Å². The number of amides is 1. The van der Waals surface area contributed by atoms with Gasteiger partial charge in [0.05, 0.1) is 13.2 Å². The van der Waals surface area contributed by atoms with Crippen molar-refractivity contribution in [2.75, 3.05) is 26.3 Å². The molecule has 0 unspecified atom stereocenters. The second-order valence-electron chi connectivity index (χ2n) is 6.64. The number of benzene rings is 1. The average molecular weight is 317 g/mol. The summed E-state index contributed by atoms with van der Waals surface area (Å²) in [5.74, 6) is -0.819. The van der Waals surface area contributed by atoms with E-state index in [4.69, 9.17) is 4.74 Å². The lowest BCUT2D eigenvalue weighted by Gasteiger charge is -2.22. The van der Waals surface area contributed by atoms with E-state index in [1.807, 2.05) is 18.2 Å². The fourth-order valence-corrected chi connectivity index (χ4v) is 3.64. The number of carboxylic acids is 1. The molecule has 2 aliphatic heterocycles. The topological polar surface area (TPSA) is 66.8 Å². The van der Waals surface area contributed by atoms with Crippen molar-refractivity contribution in [2.24, 2.45) is 11.3 Å². The molecular formula is C18H23NO4. The van der Waals surface area contributed by atoms with Crippen LogP contribution in [0.3, 0.4) is 0 Å². The molecular weight excluding hydrogens is 294 g/mol. The number of carboxylic acid groups (broad SMARTS) is 1. The summed E-state index contributed by atoms with van der Waals surface area (Å²) in [4.78, 5) is 25.6. The van der Waals surface area contributed by atoms with Gasteiger partial charge < -0.3 is 14.7 Å². The van der Waals surface area contributed by atoms with Crippen molar-refractivity contribution in [2.45, 2.75) is 25.7 Å². The molecule has 5 heteroatoms. The fourth-order valence-electron chi connectivity index (χ4n) is 3.64. The molecule has 5 nitrogen and oxygen atoms in total. The van der Waals surface area contributed by atoms with Gasteiger partial charge in [0, 0.05) is 25.4 Å². The number of rotatable bonds is 6. The van der Waals surface area contributed by atoms with E-state index >= 15 is 0 Å². The maximum absolute atomic E-state index is 12.3. The van der Waals surface area contributed by atoms with E-state index in [0.29, 0.717) is 26.1 Å². The summed E-state index contributed by atoms with van der Waals surface area (Å²) >= 11 is 0. The van der Waals surface area contributed by atoms with Crippen LogP contribution in [-0.2, 0) is 20.7 Å². The molecule has 1 amide bonds. The number of hydrogen-bond donors (Lipinski definition) is 1. The SMILES string of the molecule is O=C(CCCCc1ccccc1)N1C[C@@H]2COC[C@]2(C(=O)O)C1. The number of carbonyl (C=O) groups is 2. The lowest BCUT2D eigenvalue weighted by molar-refractivity contribution is -0.149. The Hall–Kier alpha value is -1.88. The van der Waals surface area contributed by atoms with Crippen LogP contribution in [0.15, 0.2) is 30.3 Å². The van der Waals surface area contributed by atoms with Gasteiger partial charge in [-0.3, -0.25) is 9.59 Å². The Balaban J connectivity index is 1.45. The minimum atomic E-state index is -0.875. The van der Waals surface area contributed by atoms with E-state index < -0.39 is 11.4 Å². The van der Waals surface area contributed by atoms with E-state index in [1.165, 1.54) is 5.56 Å². The zero-order valence-electron chi connectivity index (χ0n) is 13.2. The Morgan fingerprint density at radius 2 is 2.04 bits per heavy atom. The average Bonchev–Trinajstić information content (AvgIpc) is 3.10. The molecule has 2 fully saturated rings. The molecule has 0 aliphatic carbocycles. The minimum absolute atomic E-state index is 0.0618. The zero-order valence-corrected chi connectivity index (χ0v) is 13.2. The highest BCUT2D eigenvalue weighted by Gasteiger charge is 2.56. The smallest absolute Gasteiger partial charge is 0.314 e. The van der Waals surface area contributed by atoms with E-state index in [1.54, 1.807) is 4.90 Å². The Morgan fingerprint density at radius 1 is 1.26 bits per heavy atom. The third-order valence-corrected chi connectivity index (χ3v) is 5.10. The lowest BCUT2D eigenvalue weighted by atomic mass is 9.81. The molecule has 3 rings (SSSR count). The van der Waals surface area contributed by atoms with Crippen LogP contribution in [0.2, 0.25) is 0 Å². The van der Waals surface area contributed by atoms with Gasteiger partial charge in [-0.2, -0.15) is 0 Å². The second kappa shape index (κ2) is 6.71. The predicted molar refractivity (Wildman–Crippen MR) is 85.0 cm³/mol. The van der Waals surface area contributed by atoms with E-state index in [9.17, 15) is 14.7 Å². The summed E-state index contributed by atoms with van der Waals surface area (Å²) in [7, 11) is 0. The molecule has 2 heterocycles. The number of nitrogens with zero attached hydrogens (tertiary/aromatic N) is 1. The maximum Gasteiger partial charge on any atom is 0.314 e. The van der Waals surface area contributed by atoms with Crippen LogP contribution in [0.25, 0.3) is 0 Å². The fraction of sp³-hybridized carbons (Fsp3) is 0.556. The molecule has 2 atom stereocenters. The van der Waals surface area contributed by atoms with Gasteiger partial charge in [0.1, 0.15) is 5.41 Å². The third-order valence-electron chi connectivity index (χ3n) is 5.10. The molecule has 1 aromatic carbocycles. The van der Waals surface area contributed by atoms with Gasteiger partial charge in [-0.1, -0.05) is 30.3 Å². The number of hydrogen-bond acceptors (Lipinski definition) is 3. The van der Waals surface area contributed by atoms with Crippen LogP contribution in [0, 0.1) is 11.3 Å². The molecule has 1 N–H and O–H groups in total. The molecule has 0 aromatic heterocycles. The highest BCUT2D eigenvalue weighted by molar-refractivity contribution is 5.81. The van der Waals surface area contributed by atoms with Crippen molar-refractivity contribution in [1.29, 1.82) is 0 Å². The lowest BCUT2D eigenvalue weighted by Crippen LogP contribution is -2.40. The number of aliphatic carboxylic acids is 1. The Bertz CT molecular complexity index is 574. The van der Waals surface area contributed by atoms with Gasteiger partial charge in [-0.25, -0.2) is 0 Å². The molecule has 23 heavy (non-hydrogen) atoms. The first-order valence-electron chi connectivity index (χ1n) is 8.25. The molecule has 2 aliphatic rings. The third kappa shape index (κ3) is 3.24. The highest BCUT2D eigenvalue weighted by Crippen LogP contribution is 2.41. The molecule has 0 radical (unpaired) electrons. The first-order valence-corrected chi connectivity index (χ1v) is 8.25. The van der Waals surface area contributed by atoms with Crippen LogP contribution in [0.5, 0.6) is 0 Å². The van der Waals surface area contributed by atoms with Gasteiger partial charge in [-0.05, 0) is 24.8 Å². The standard InChI is InChI=1S/C18H23NO4/c20-16(9-5-4-8-14-6-2-1-3-7-14)19-10-15-11-23-13-18(15,12-19)17(21)22/h1-3,6-7,15H,4-5,8-13H2,(H,21,22)/t15-,18-/m1/s1. The van der Waals surface area contributed by atoms with E-state index in [-0.39, 0.29) is 18.4 Å². The van der Waals surface area contributed by atoms with Gasteiger partial charge in [0.25, 0.3) is 0 Å². The Morgan fingerprint density at radius 3 is 2.74 bits per heavy atom. The van der Waals surface area contributed by atoms with E-state index in [2.05, 4.69) is 12.1 Å². The Kier molecular flexibility index (Phi) is 4.66. The summed E-state index contributed by atoms with van der Waals surface area (Å²) in [5.41, 5.74) is 0.414. The van der Waals surface area contributed by atoms with Crippen molar-refractivity contribution in [3.05, 3.63) is 35.9 Å². The number of unbranched alkanes of at least 4 members (excludes halogenated alkanes) is 1. The molecule has 1 aromatic rings. The first kappa shape index (κ1) is 16.0. The first-order chi connectivity index (χ1) is 11.1. The predicted octanol–water partition coefficient (Wildman–Crippen LogP) is 1.96. The summed E-state index contributed by atoms with van der Waals surface area (Å²) < 4.78 is 5.33. The molecule has 124 valence electrons. The Labute approximate surface area is 136 Å². The number of carbonyl (C=O) groups excluding carboxylic acids is 1. The zero-order chi connectivity index (χ0) is 16.3. The van der Waals surface area contributed by atoms with Gasteiger partial charge in [-0.15, -0.1) is 0 Å². The normalized spacial score (nSPS) is 26.3. The van der Waals surface area contributed by atoms with Crippen LogP contribution in [0.4, 0.5) is 0 Å². The van der Waals surface area contributed by atoms with Gasteiger partial charge in [0.15, 0.2) is 0 Å². The number of aryl methyl sites for hydroxylation is 1. The molecule has 0 spiro atoms. The number of likely N-dealkylation sites (tertiary alicyclic amines) is 1. The largest absolute Gasteiger partial charge is 0.481 e. The monoisotopic (exact) mass is 317 g/mol. The van der Waals surface area contributed by atoms with Crippen molar-refractivity contribution in [3.63, 3.8) is 0 Å². The van der Waals surface area contributed by atoms with Crippen LogP contribution in [-0.4, -0.2) is 48.2 Å². The highest BCUT2D eigenvalue weighted by atomic mass is 16.5. The summed E-state index contributed by atoms with van der Waals surface area (Å²) in [6.45, 7) is 1.49. The minimum Gasteiger partial charge on any atom is -0.481 e. The van der Waals surface area contributed by atoms with Gasteiger partial charge in [0.2, 0.25) is 5.91 Å². The molecule has 0 bridgehead atoms. The van der Waals surface area contributed by atoms with Crippen LogP contribution >= 0.6 is 0 Å². The summed E-state index contributed by atoms with van der Waals surface area (Å²) in [6.07, 6.45) is 3.28. The van der Waals surface area contributed by atoms with Crippen molar-refractivity contribution < 1.29 is 19.4 Å². The number of ether oxygens (including phenoxy) is 1. The summed E-state index contributed by atoms with van der Waals surface area (Å²) in [6, 6.07) is 10.2. The van der Waals surface area contributed by atoms with E-state index in [0.717, 1.165) is 19.3 Å². The van der Waals surface area contributed by atoms with Crippen molar-refractivity contribution >= 4 is 11.9 Å². The number of fused-ring (bicyclic) bond motifs is 1. The van der Waals surface area contributed by atoms with Crippen molar-refractivity contribution in [3.8, 4) is 0 Å². The second-order valence-corrected chi connectivity index (χ2v) is 6.64. The van der Waals surface area contributed by atoms with Crippen LogP contribution < -0.4 is 0 Å². The molecule has 0 saturated carbocycles. The summed E-state index contributed by atoms with van der Waals surface area (Å²) in [5, 5.41) is 9.50. The quantitative estimate of drug-likeness (QED) is 0.815. The maximum atomic E-state index is 12.3. The van der Waals surface area contributed by atoms with Crippen LogP contribution in [0.1, 0.15) is 24.8 Å².